The van der Waals surface area contributed by atoms with E-state index in [2.05, 4.69) is 11.5 Å². The molecule has 0 spiro atoms. The minimum Gasteiger partial charge on any atom is -0.463 e. The first-order valence-corrected chi connectivity index (χ1v) is 2.93. The summed E-state index contributed by atoms with van der Waals surface area (Å²) in [4.78, 5) is 0. The van der Waals surface area contributed by atoms with Crippen molar-refractivity contribution in [3.05, 3.63) is 0 Å². The Bertz CT molecular complexity index is 76.6. The molecule has 0 aromatic rings. The first-order chi connectivity index (χ1) is 3.81. The second-order valence-corrected chi connectivity index (χ2v) is 1.89. The van der Waals surface area contributed by atoms with Gasteiger partial charge in [-0.25, -0.2) is 0 Å². The van der Waals surface area contributed by atoms with Gasteiger partial charge >= 0.3 is 5.78 Å². The minimum atomic E-state index is 0.590. The van der Waals surface area contributed by atoms with E-state index in [1.165, 1.54) is 0 Å². The van der Waals surface area contributed by atoms with Crippen molar-refractivity contribution in [1.29, 1.82) is 0 Å². The van der Waals surface area contributed by atoms with Crippen LogP contribution in [0.25, 0.3) is 0 Å². The molecule has 2 nitrogen and oxygen atoms in total. The van der Waals surface area contributed by atoms with Gasteiger partial charge in [0.15, 0.2) is 0 Å². The Hall–Kier alpha value is -0.530. The predicted molar refractivity (Wildman–Crippen MR) is 30.2 cm³/mol. The lowest BCUT2D eigenvalue weighted by molar-refractivity contribution is -1.05. The maximum atomic E-state index is 9.60. The molecule has 48 valence electrons. The van der Waals surface area contributed by atoms with Crippen LogP contribution in [0.15, 0.2) is 0 Å². The number of rotatable bonds is 3. The third kappa shape index (κ3) is 3.65. The molecule has 0 saturated carbocycles. The van der Waals surface area contributed by atoms with Gasteiger partial charge in [-0.15, -0.1) is 0 Å². The molecule has 0 bridgehead atoms. The lowest BCUT2D eigenvalue weighted by Gasteiger charge is -1.84. The largest absolute Gasteiger partial charge is 0.463 e. The zero-order chi connectivity index (χ0) is 6.41. The molecule has 0 atom stereocenters. The van der Waals surface area contributed by atoms with Crippen LogP contribution in [0, 0.1) is 0 Å². The van der Waals surface area contributed by atoms with Gasteiger partial charge in [0, 0.05) is 0 Å². The SMILES string of the molecule is CCCCC(C)=[O+][O-]. The molecule has 0 heterocycles. The van der Waals surface area contributed by atoms with Gasteiger partial charge < -0.3 is 5.26 Å². The van der Waals surface area contributed by atoms with Crippen molar-refractivity contribution >= 4 is 5.78 Å². The van der Waals surface area contributed by atoms with Gasteiger partial charge in [-0.2, -0.15) is 4.58 Å². The number of unbranched alkanes of at least 4 members (excludes halogenated alkanes) is 1. The van der Waals surface area contributed by atoms with Crippen LogP contribution in [-0.2, 0) is 4.58 Å². The maximum absolute atomic E-state index is 9.60. The second-order valence-electron chi connectivity index (χ2n) is 1.89. The molecule has 0 aromatic carbocycles. The highest BCUT2D eigenvalue weighted by Crippen LogP contribution is 1.93. The fourth-order valence-electron chi connectivity index (χ4n) is 0.467. The summed E-state index contributed by atoms with van der Waals surface area (Å²) in [5.74, 6) is 0.590. The third-order valence-electron chi connectivity index (χ3n) is 1.02. The molecule has 0 rings (SSSR count). The molecular formula is C6H12O2. The van der Waals surface area contributed by atoms with Crippen molar-refractivity contribution in [1.82, 2.24) is 0 Å². The van der Waals surface area contributed by atoms with E-state index in [0.29, 0.717) is 5.78 Å². The smallest absolute Gasteiger partial charge is 0.326 e. The lowest BCUT2D eigenvalue weighted by atomic mass is 10.2. The van der Waals surface area contributed by atoms with Gasteiger partial charge in [0.05, 0.1) is 13.3 Å². The second kappa shape index (κ2) is 4.62. The monoisotopic (exact) mass is 116 g/mol. The van der Waals surface area contributed by atoms with Gasteiger partial charge in [-0.1, -0.05) is 13.3 Å². The van der Waals surface area contributed by atoms with Crippen LogP contribution in [0.3, 0.4) is 0 Å². The average molecular weight is 116 g/mol. The van der Waals surface area contributed by atoms with Crippen molar-refractivity contribution in [2.45, 2.75) is 33.1 Å². The summed E-state index contributed by atoms with van der Waals surface area (Å²) in [5.41, 5.74) is 0. The van der Waals surface area contributed by atoms with Gasteiger partial charge in [0.2, 0.25) is 0 Å². The van der Waals surface area contributed by atoms with Gasteiger partial charge in [0.1, 0.15) is 0 Å². The molecule has 0 fully saturated rings. The summed E-state index contributed by atoms with van der Waals surface area (Å²) >= 11 is 0. The third-order valence-corrected chi connectivity index (χ3v) is 1.02. The summed E-state index contributed by atoms with van der Waals surface area (Å²) in [7, 11) is 0. The molecule has 0 aliphatic heterocycles. The highest BCUT2D eigenvalue weighted by atomic mass is 17.1. The number of hydrogen-bond donors (Lipinski definition) is 0. The first-order valence-electron chi connectivity index (χ1n) is 2.93. The number of hydrogen-bond acceptors (Lipinski definition) is 1. The van der Waals surface area contributed by atoms with Gasteiger partial charge in [-0.3, -0.25) is 0 Å². The van der Waals surface area contributed by atoms with Crippen LogP contribution in [0.2, 0.25) is 0 Å². The Labute approximate surface area is 49.8 Å². The van der Waals surface area contributed by atoms with E-state index < -0.39 is 0 Å². The summed E-state index contributed by atoms with van der Waals surface area (Å²) in [6.45, 7) is 3.79. The Kier molecular flexibility index (Phi) is 4.32. The predicted octanol–water partition coefficient (Wildman–Crippen LogP) is 0.577. The quantitative estimate of drug-likeness (QED) is 0.301. The zero-order valence-corrected chi connectivity index (χ0v) is 5.44. The Morgan fingerprint density at radius 3 is 2.62 bits per heavy atom. The van der Waals surface area contributed by atoms with E-state index in [9.17, 15) is 5.26 Å². The van der Waals surface area contributed by atoms with Crippen LogP contribution >= 0.6 is 0 Å². The molecule has 0 radical (unpaired) electrons. The van der Waals surface area contributed by atoms with Crippen molar-refractivity contribution < 1.29 is 9.83 Å². The molecule has 8 heavy (non-hydrogen) atoms. The van der Waals surface area contributed by atoms with E-state index in [1.54, 1.807) is 6.92 Å². The van der Waals surface area contributed by atoms with Crippen molar-refractivity contribution in [2.24, 2.45) is 0 Å². The minimum absolute atomic E-state index is 0.590. The summed E-state index contributed by atoms with van der Waals surface area (Å²) < 4.78 is 3.72. The Morgan fingerprint density at radius 1 is 1.62 bits per heavy atom. The summed E-state index contributed by atoms with van der Waals surface area (Å²) in [5, 5.41) is 9.60. The maximum Gasteiger partial charge on any atom is 0.326 e. The molecule has 0 aliphatic rings. The van der Waals surface area contributed by atoms with Crippen molar-refractivity contribution in [2.75, 3.05) is 0 Å². The standard InChI is InChI=1S/C6H12O2/c1-3-4-5-6(2)8-7/h3-5H2,1-2H3. The van der Waals surface area contributed by atoms with Crippen LogP contribution in [-0.4, -0.2) is 5.78 Å². The highest BCUT2D eigenvalue weighted by Gasteiger charge is 1.98. The Balaban J connectivity index is 3.12. The van der Waals surface area contributed by atoms with E-state index in [-0.39, 0.29) is 0 Å². The summed E-state index contributed by atoms with van der Waals surface area (Å²) in [6.07, 6.45) is 2.97. The van der Waals surface area contributed by atoms with Crippen LogP contribution < -0.4 is 5.26 Å². The molecule has 0 aliphatic carbocycles. The average Bonchev–Trinajstić information content (AvgIpc) is 1.83. The van der Waals surface area contributed by atoms with E-state index in [4.69, 9.17) is 0 Å². The summed E-state index contributed by atoms with van der Waals surface area (Å²) in [6, 6.07) is 0. The van der Waals surface area contributed by atoms with Gasteiger partial charge in [-0.05, 0) is 6.42 Å². The molecule has 0 amide bonds. The van der Waals surface area contributed by atoms with E-state index in [0.717, 1.165) is 19.3 Å². The molecule has 2 heteroatoms. The number of ketones is 1. The molecule has 0 N–H and O–H groups in total. The lowest BCUT2D eigenvalue weighted by Crippen LogP contribution is -2.05. The molecule has 0 saturated heterocycles. The fraction of sp³-hybridized carbons (Fsp3) is 0.833. The van der Waals surface area contributed by atoms with E-state index >= 15 is 0 Å². The first kappa shape index (κ1) is 7.47. The van der Waals surface area contributed by atoms with Crippen LogP contribution in [0.1, 0.15) is 33.1 Å². The van der Waals surface area contributed by atoms with Crippen LogP contribution in [0.4, 0.5) is 0 Å². The van der Waals surface area contributed by atoms with Gasteiger partial charge in [0.25, 0.3) is 0 Å². The number of carbonyl (C=O) groups excluding carboxylic acids is 1. The topological polar surface area (TPSA) is 34.4 Å². The molecule has 0 unspecified atom stereocenters. The fourth-order valence-corrected chi connectivity index (χ4v) is 0.467. The zero-order valence-electron chi connectivity index (χ0n) is 5.44. The molecule has 0 aromatic heterocycles. The van der Waals surface area contributed by atoms with E-state index in [1.807, 2.05) is 0 Å². The van der Waals surface area contributed by atoms with Crippen LogP contribution in [0.5, 0.6) is 0 Å². The molecular weight excluding hydrogens is 104 g/mol. The van der Waals surface area contributed by atoms with Crippen molar-refractivity contribution in [3.63, 3.8) is 0 Å². The Morgan fingerprint density at radius 2 is 2.25 bits per heavy atom. The normalized spacial score (nSPS) is 12.0. The van der Waals surface area contributed by atoms with Crippen molar-refractivity contribution in [3.8, 4) is 0 Å². The highest BCUT2D eigenvalue weighted by molar-refractivity contribution is 5.75.